The van der Waals surface area contributed by atoms with Gasteiger partial charge in [0.15, 0.2) is 5.82 Å². The van der Waals surface area contributed by atoms with E-state index < -0.39 is 11.9 Å². The minimum absolute atomic E-state index is 0.0746. The zero-order valence-corrected chi connectivity index (χ0v) is 16.9. The summed E-state index contributed by atoms with van der Waals surface area (Å²) in [6.07, 6.45) is 1.56. The van der Waals surface area contributed by atoms with Crippen molar-refractivity contribution in [2.45, 2.75) is 25.3 Å². The number of aromatic amines is 2. The molecule has 0 spiro atoms. The fourth-order valence-corrected chi connectivity index (χ4v) is 3.63. The zero-order chi connectivity index (χ0) is 21.9. The molecule has 11 nitrogen and oxygen atoms in total. The van der Waals surface area contributed by atoms with Crippen molar-refractivity contribution in [2.75, 3.05) is 5.32 Å². The second-order valence-electron chi connectivity index (χ2n) is 7.46. The Balaban J connectivity index is 1.26. The number of rotatable bonds is 5. The lowest BCUT2D eigenvalue weighted by atomic mass is 10.0. The third kappa shape index (κ3) is 4.08. The van der Waals surface area contributed by atoms with Gasteiger partial charge in [-0.3, -0.25) is 9.59 Å². The largest absolute Gasteiger partial charge is 0.337 e. The van der Waals surface area contributed by atoms with E-state index in [-0.39, 0.29) is 11.7 Å². The molecule has 2 aromatic carbocycles. The number of carbonyl (C=O) groups is 2. The number of hydrogen-bond acceptors (Lipinski definition) is 7. The monoisotopic (exact) mass is 429 g/mol. The molecule has 11 heteroatoms. The molecule has 0 saturated heterocycles. The molecule has 0 radical (unpaired) electrons. The van der Waals surface area contributed by atoms with Gasteiger partial charge >= 0.3 is 0 Å². The first kappa shape index (κ1) is 19.5. The maximum absolute atomic E-state index is 12.7. The van der Waals surface area contributed by atoms with Crippen molar-refractivity contribution in [3.63, 3.8) is 0 Å². The molecular formula is C21H19N9O2. The fourth-order valence-electron chi connectivity index (χ4n) is 3.63. The molecule has 4 aromatic rings. The first-order chi connectivity index (χ1) is 15.7. The lowest BCUT2D eigenvalue weighted by molar-refractivity contribution is -0.118. The Morgan fingerprint density at radius 2 is 1.97 bits per heavy atom. The Kier molecular flexibility index (Phi) is 5.12. The molecule has 0 aliphatic carbocycles. The van der Waals surface area contributed by atoms with Crippen LogP contribution >= 0.6 is 0 Å². The van der Waals surface area contributed by atoms with Crippen molar-refractivity contribution < 1.29 is 9.59 Å². The topological polar surface area (TPSA) is 154 Å². The molecule has 1 atom stereocenters. The number of amides is 2. The van der Waals surface area contributed by atoms with Gasteiger partial charge in [0.2, 0.25) is 11.7 Å². The van der Waals surface area contributed by atoms with Crippen LogP contribution in [0.5, 0.6) is 0 Å². The molecule has 5 rings (SSSR count). The minimum Gasteiger partial charge on any atom is -0.337 e. The Morgan fingerprint density at radius 1 is 1.09 bits per heavy atom. The summed E-state index contributed by atoms with van der Waals surface area (Å²) in [7, 11) is 0. The van der Waals surface area contributed by atoms with Crippen molar-refractivity contribution >= 4 is 17.5 Å². The Morgan fingerprint density at radius 3 is 2.78 bits per heavy atom. The summed E-state index contributed by atoms with van der Waals surface area (Å²) < 4.78 is 0. The van der Waals surface area contributed by atoms with Crippen LogP contribution in [-0.4, -0.2) is 53.7 Å². The van der Waals surface area contributed by atoms with Gasteiger partial charge in [0.05, 0.1) is 0 Å². The van der Waals surface area contributed by atoms with E-state index in [1.165, 1.54) is 0 Å². The van der Waals surface area contributed by atoms with E-state index >= 15 is 0 Å². The number of hydrogen-bond donors (Lipinski definition) is 4. The number of fused-ring (bicyclic) bond motifs is 1. The van der Waals surface area contributed by atoms with Crippen molar-refractivity contribution in [3.8, 4) is 11.4 Å². The van der Waals surface area contributed by atoms with Crippen LogP contribution in [0, 0.1) is 0 Å². The molecule has 0 bridgehead atoms. The number of aryl methyl sites for hydroxylation is 1. The Hall–Kier alpha value is -4.41. The number of nitrogens with one attached hydrogen (secondary N) is 4. The number of anilines is 1. The second-order valence-corrected chi connectivity index (χ2v) is 7.46. The summed E-state index contributed by atoms with van der Waals surface area (Å²) in [4.78, 5) is 28.3. The highest BCUT2D eigenvalue weighted by atomic mass is 16.2. The van der Waals surface area contributed by atoms with E-state index in [0.29, 0.717) is 36.6 Å². The van der Waals surface area contributed by atoms with E-state index in [1.54, 1.807) is 0 Å². The summed E-state index contributed by atoms with van der Waals surface area (Å²) in [5.41, 5.74) is 3.51. The first-order valence-corrected chi connectivity index (χ1v) is 10.1. The highest BCUT2D eigenvalue weighted by Crippen LogP contribution is 2.26. The van der Waals surface area contributed by atoms with E-state index in [2.05, 4.69) is 46.4 Å². The van der Waals surface area contributed by atoms with Gasteiger partial charge in [-0.2, -0.15) is 0 Å². The maximum atomic E-state index is 12.7. The molecular weight excluding hydrogens is 410 g/mol. The SMILES string of the molecule is O=C(NC1CCc2cc(-c3nnn[nH]3)ccc2NC1=O)c1nnc(Cc2ccccc2)[nH]1. The van der Waals surface area contributed by atoms with Crippen LogP contribution in [0.4, 0.5) is 5.69 Å². The van der Waals surface area contributed by atoms with Crippen LogP contribution in [0.2, 0.25) is 0 Å². The third-order valence-corrected chi connectivity index (χ3v) is 5.27. The predicted octanol–water partition coefficient (Wildman–Crippen LogP) is 1.26. The van der Waals surface area contributed by atoms with Crippen molar-refractivity contribution in [3.05, 3.63) is 71.3 Å². The molecule has 1 aliphatic heterocycles. The lowest BCUT2D eigenvalue weighted by Gasteiger charge is -2.14. The molecule has 1 aliphatic rings. The van der Waals surface area contributed by atoms with Crippen molar-refractivity contribution in [1.29, 1.82) is 0 Å². The highest BCUT2D eigenvalue weighted by Gasteiger charge is 2.27. The number of H-pyrrole nitrogens is 2. The van der Waals surface area contributed by atoms with Gasteiger partial charge < -0.3 is 15.6 Å². The molecule has 160 valence electrons. The van der Waals surface area contributed by atoms with Crippen molar-refractivity contribution in [2.24, 2.45) is 0 Å². The smallest absolute Gasteiger partial charge is 0.289 e. The molecule has 4 N–H and O–H groups in total. The lowest BCUT2D eigenvalue weighted by Crippen LogP contribution is -2.43. The third-order valence-electron chi connectivity index (χ3n) is 5.27. The predicted molar refractivity (Wildman–Crippen MR) is 113 cm³/mol. The molecule has 32 heavy (non-hydrogen) atoms. The first-order valence-electron chi connectivity index (χ1n) is 10.1. The van der Waals surface area contributed by atoms with Gasteiger partial charge in [-0.1, -0.05) is 30.3 Å². The van der Waals surface area contributed by atoms with E-state index in [1.807, 2.05) is 48.5 Å². The van der Waals surface area contributed by atoms with Crippen LogP contribution in [0.15, 0.2) is 48.5 Å². The molecule has 0 saturated carbocycles. The van der Waals surface area contributed by atoms with Crippen LogP contribution in [0.1, 0.15) is 34.0 Å². The van der Waals surface area contributed by atoms with E-state index in [4.69, 9.17) is 0 Å². The Labute approximate surface area is 182 Å². The van der Waals surface area contributed by atoms with Gasteiger partial charge in [0.1, 0.15) is 11.9 Å². The molecule has 1 unspecified atom stereocenters. The average Bonchev–Trinajstić information content (AvgIpc) is 3.48. The quantitative estimate of drug-likeness (QED) is 0.372. The van der Waals surface area contributed by atoms with Gasteiger partial charge in [0.25, 0.3) is 5.91 Å². The van der Waals surface area contributed by atoms with Crippen LogP contribution in [0.25, 0.3) is 11.4 Å². The molecule has 2 amide bonds. The molecule has 3 heterocycles. The van der Waals surface area contributed by atoms with E-state index in [0.717, 1.165) is 16.7 Å². The van der Waals surface area contributed by atoms with Crippen LogP contribution in [0.3, 0.4) is 0 Å². The second kappa shape index (κ2) is 8.38. The Bertz CT molecular complexity index is 1250. The fraction of sp³-hybridized carbons (Fsp3) is 0.190. The zero-order valence-electron chi connectivity index (χ0n) is 16.9. The summed E-state index contributed by atoms with van der Waals surface area (Å²) >= 11 is 0. The molecule has 0 fully saturated rings. The van der Waals surface area contributed by atoms with Gasteiger partial charge in [-0.25, -0.2) is 5.10 Å². The van der Waals surface area contributed by atoms with Gasteiger partial charge in [-0.05, 0) is 52.6 Å². The average molecular weight is 429 g/mol. The summed E-state index contributed by atoms with van der Waals surface area (Å²) in [6, 6.07) is 14.6. The summed E-state index contributed by atoms with van der Waals surface area (Å²) in [5, 5.41) is 27.4. The van der Waals surface area contributed by atoms with Gasteiger partial charge in [-0.15, -0.1) is 15.3 Å². The summed E-state index contributed by atoms with van der Waals surface area (Å²) in [6.45, 7) is 0. The van der Waals surface area contributed by atoms with Gasteiger partial charge in [0, 0.05) is 17.7 Å². The van der Waals surface area contributed by atoms with E-state index in [9.17, 15) is 9.59 Å². The molecule has 2 aromatic heterocycles. The standard InChI is InChI=1S/C21H19N9O2/c31-20-16(9-6-13-11-14(7-8-15(13)22-20)18-27-29-30-28-18)23-21(32)19-24-17(25-26-19)10-12-4-2-1-3-5-12/h1-5,7-8,11,16H,6,9-10H2,(H,22,31)(H,23,32)(H,24,25,26)(H,27,28,29,30). The normalized spacial score (nSPS) is 15.5. The highest BCUT2D eigenvalue weighted by molar-refractivity contribution is 6.00. The maximum Gasteiger partial charge on any atom is 0.289 e. The number of nitrogens with zero attached hydrogens (tertiary/aromatic N) is 5. The number of carbonyl (C=O) groups excluding carboxylic acids is 2. The number of benzene rings is 2. The summed E-state index contributed by atoms with van der Waals surface area (Å²) in [5.74, 6) is 0.440. The number of aromatic nitrogens is 7. The van der Waals surface area contributed by atoms with Crippen molar-refractivity contribution in [1.82, 2.24) is 41.1 Å². The van der Waals surface area contributed by atoms with Crippen LogP contribution < -0.4 is 10.6 Å². The number of tetrazole rings is 1. The minimum atomic E-state index is -0.701. The van der Waals surface area contributed by atoms with Crippen LogP contribution in [-0.2, 0) is 17.6 Å².